The molecule has 5 nitrogen and oxygen atoms in total. The van der Waals surface area contributed by atoms with E-state index in [9.17, 15) is 9.59 Å². The zero-order valence-electron chi connectivity index (χ0n) is 15.9. The van der Waals surface area contributed by atoms with E-state index >= 15 is 0 Å². The van der Waals surface area contributed by atoms with Crippen LogP contribution in [0.1, 0.15) is 44.7 Å². The molecule has 0 spiro atoms. The molecule has 138 valence electrons. The van der Waals surface area contributed by atoms with E-state index < -0.39 is 0 Å². The molecule has 0 unspecified atom stereocenters. The number of likely N-dealkylation sites (tertiary alicyclic amines) is 1. The molecule has 1 aliphatic heterocycles. The van der Waals surface area contributed by atoms with E-state index in [0.29, 0.717) is 26.1 Å². The highest BCUT2D eigenvalue weighted by molar-refractivity contribution is 5.79. The maximum atomic E-state index is 12.3. The van der Waals surface area contributed by atoms with Crippen LogP contribution in [0.25, 0.3) is 0 Å². The normalized spacial score (nSPS) is 15.8. The Kier molecular flexibility index (Phi) is 6.45. The van der Waals surface area contributed by atoms with E-state index in [0.717, 1.165) is 24.0 Å². The molecule has 1 fully saturated rings. The molecule has 1 heterocycles. The first-order valence-corrected chi connectivity index (χ1v) is 9.11. The van der Waals surface area contributed by atoms with Crippen molar-refractivity contribution in [2.75, 3.05) is 19.6 Å². The van der Waals surface area contributed by atoms with Gasteiger partial charge in [-0.2, -0.15) is 0 Å². The molecular formula is C20H31N3O2. The van der Waals surface area contributed by atoms with Gasteiger partial charge in [0.25, 0.3) is 0 Å². The molecule has 25 heavy (non-hydrogen) atoms. The lowest BCUT2D eigenvalue weighted by atomic mass is 9.97. The lowest BCUT2D eigenvalue weighted by molar-refractivity contribution is -0.121. The molecule has 1 aliphatic rings. The summed E-state index contributed by atoms with van der Waals surface area (Å²) < 4.78 is 0. The Balaban J connectivity index is 1.74. The summed E-state index contributed by atoms with van der Waals surface area (Å²) in [7, 11) is 0. The molecule has 0 saturated carbocycles. The minimum Gasteiger partial charge on any atom is -0.353 e. The third-order valence-corrected chi connectivity index (χ3v) is 4.53. The fourth-order valence-electron chi connectivity index (χ4n) is 2.94. The van der Waals surface area contributed by atoms with Crippen LogP contribution in [-0.4, -0.2) is 42.5 Å². The van der Waals surface area contributed by atoms with Gasteiger partial charge in [0.2, 0.25) is 5.91 Å². The molecule has 0 aromatic heterocycles. The molecule has 1 saturated heterocycles. The second-order valence-corrected chi connectivity index (χ2v) is 8.15. The van der Waals surface area contributed by atoms with Crippen LogP contribution in [0.4, 0.5) is 4.79 Å². The number of piperidine rings is 1. The minimum absolute atomic E-state index is 0.000359. The van der Waals surface area contributed by atoms with Gasteiger partial charge in [-0.1, -0.05) is 45.0 Å². The average Bonchev–Trinajstić information content (AvgIpc) is 2.55. The highest BCUT2D eigenvalue weighted by Gasteiger charge is 2.24. The van der Waals surface area contributed by atoms with Gasteiger partial charge in [-0.05, 0) is 36.3 Å². The zero-order valence-corrected chi connectivity index (χ0v) is 15.9. The van der Waals surface area contributed by atoms with E-state index in [1.807, 2.05) is 36.1 Å². The number of benzene rings is 1. The number of hydrogen-bond donors (Lipinski definition) is 2. The van der Waals surface area contributed by atoms with Gasteiger partial charge in [-0.3, -0.25) is 4.79 Å². The molecule has 0 bridgehead atoms. The highest BCUT2D eigenvalue weighted by atomic mass is 16.2. The lowest BCUT2D eigenvalue weighted by Crippen LogP contribution is -2.50. The van der Waals surface area contributed by atoms with E-state index in [1.54, 1.807) is 0 Å². The third kappa shape index (κ3) is 6.40. The first-order valence-electron chi connectivity index (χ1n) is 9.11. The Morgan fingerprint density at radius 3 is 2.40 bits per heavy atom. The molecule has 0 aliphatic carbocycles. The fourth-order valence-corrected chi connectivity index (χ4v) is 2.94. The van der Waals surface area contributed by atoms with Gasteiger partial charge >= 0.3 is 6.03 Å². The molecule has 2 rings (SSSR count). The van der Waals surface area contributed by atoms with Crippen molar-refractivity contribution in [3.8, 4) is 0 Å². The monoisotopic (exact) mass is 345 g/mol. The summed E-state index contributed by atoms with van der Waals surface area (Å²) in [5.41, 5.74) is 2.29. The van der Waals surface area contributed by atoms with Crippen molar-refractivity contribution in [1.82, 2.24) is 15.5 Å². The zero-order chi connectivity index (χ0) is 18.4. The average molecular weight is 345 g/mol. The summed E-state index contributed by atoms with van der Waals surface area (Å²) in [6.07, 6.45) is 2.03. The van der Waals surface area contributed by atoms with Crippen molar-refractivity contribution in [3.63, 3.8) is 0 Å². The van der Waals surface area contributed by atoms with Gasteiger partial charge < -0.3 is 15.5 Å². The van der Waals surface area contributed by atoms with E-state index in [1.165, 1.54) is 0 Å². The fraction of sp³-hybridized carbons (Fsp3) is 0.600. The second-order valence-electron chi connectivity index (χ2n) is 8.15. The molecular weight excluding hydrogens is 314 g/mol. The van der Waals surface area contributed by atoms with Crippen LogP contribution in [0.15, 0.2) is 24.3 Å². The number of amides is 3. The Labute approximate surface area is 151 Å². The summed E-state index contributed by atoms with van der Waals surface area (Å²) in [5, 5.41) is 6.10. The van der Waals surface area contributed by atoms with Gasteiger partial charge in [0.15, 0.2) is 0 Å². The van der Waals surface area contributed by atoms with Gasteiger partial charge in [0, 0.05) is 25.7 Å². The van der Waals surface area contributed by atoms with Crippen molar-refractivity contribution in [2.45, 2.75) is 53.0 Å². The first kappa shape index (κ1) is 19.3. The van der Waals surface area contributed by atoms with Gasteiger partial charge in [-0.25, -0.2) is 4.79 Å². The van der Waals surface area contributed by atoms with E-state index in [4.69, 9.17) is 0 Å². The molecule has 1 aromatic rings. The highest BCUT2D eigenvalue weighted by Crippen LogP contribution is 2.14. The van der Waals surface area contributed by atoms with Crippen LogP contribution >= 0.6 is 0 Å². The number of carbonyl (C=O) groups is 2. The Morgan fingerprint density at radius 1 is 1.16 bits per heavy atom. The van der Waals surface area contributed by atoms with Gasteiger partial charge in [0.05, 0.1) is 6.42 Å². The largest absolute Gasteiger partial charge is 0.353 e. The number of carbonyl (C=O) groups excluding carboxylic acids is 2. The van der Waals surface area contributed by atoms with Crippen LogP contribution in [0.5, 0.6) is 0 Å². The molecule has 3 amide bonds. The van der Waals surface area contributed by atoms with Gasteiger partial charge in [-0.15, -0.1) is 0 Å². The van der Waals surface area contributed by atoms with E-state index in [2.05, 4.69) is 31.4 Å². The number of nitrogens with zero attached hydrogens (tertiary/aromatic N) is 1. The maximum absolute atomic E-state index is 12.3. The summed E-state index contributed by atoms with van der Waals surface area (Å²) in [4.78, 5) is 26.3. The van der Waals surface area contributed by atoms with Crippen molar-refractivity contribution < 1.29 is 9.59 Å². The molecule has 1 aromatic carbocycles. The Morgan fingerprint density at radius 2 is 1.80 bits per heavy atom. The summed E-state index contributed by atoms with van der Waals surface area (Å²) in [6.45, 7) is 10.4. The third-order valence-electron chi connectivity index (χ3n) is 4.53. The number of hydrogen-bond acceptors (Lipinski definition) is 2. The first-order chi connectivity index (χ1) is 11.7. The smallest absolute Gasteiger partial charge is 0.317 e. The predicted molar refractivity (Wildman–Crippen MR) is 100 cm³/mol. The number of urea groups is 1. The maximum Gasteiger partial charge on any atom is 0.317 e. The standard InChI is InChI=1S/C20H31N3O2/c1-15-7-5-6-8-16(15)13-18(24)22-17-9-11-23(12-10-17)19(25)21-14-20(2,3)4/h5-8,17H,9-14H2,1-4H3,(H,21,25)(H,22,24). The van der Waals surface area contributed by atoms with Crippen LogP contribution in [0.2, 0.25) is 0 Å². The Hall–Kier alpha value is -2.04. The minimum atomic E-state index is -0.000359. The van der Waals surface area contributed by atoms with Crippen LogP contribution in [0, 0.1) is 12.3 Å². The SMILES string of the molecule is Cc1ccccc1CC(=O)NC1CCN(C(=O)NCC(C)(C)C)CC1. The number of nitrogens with one attached hydrogen (secondary N) is 2. The van der Waals surface area contributed by atoms with Crippen molar-refractivity contribution in [1.29, 1.82) is 0 Å². The molecule has 2 N–H and O–H groups in total. The van der Waals surface area contributed by atoms with Crippen molar-refractivity contribution in [2.24, 2.45) is 5.41 Å². The molecule has 0 atom stereocenters. The predicted octanol–water partition coefficient (Wildman–Crippen LogP) is 2.87. The summed E-state index contributed by atoms with van der Waals surface area (Å²) in [6, 6.07) is 8.12. The topological polar surface area (TPSA) is 61.4 Å². The molecule has 0 radical (unpaired) electrons. The summed E-state index contributed by atoms with van der Waals surface area (Å²) in [5.74, 6) is 0.0601. The van der Waals surface area contributed by atoms with Gasteiger partial charge in [0.1, 0.15) is 0 Å². The second kappa shape index (κ2) is 8.37. The van der Waals surface area contributed by atoms with E-state index in [-0.39, 0.29) is 23.4 Å². The van der Waals surface area contributed by atoms with Crippen LogP contribution in [0.3, 0.4) is 0 Å². The summed E-state index contributed by atoms with van der Waals surface area (Å²) >= 11 is 0. The molecule has 5 heteroatoms. The quantitative estimate of drug-likeness (QED) is 0.881. The number of rotatable bonds is 4. The van der Waals surface area contributed by atoms with Crippen LogP contribution < -0.4 is 10.6 Å². The Bertz CT molecular complexity index is 599. The van der Waals surface area contributed by atoms with Crippen molar-refractivity contribution in [3.05, 3.63) is 35.4 Å². The lowest BCUT2D eigenvalue weighted by Gasteiger charge is -2.33. The van der Waals surface area contributed by atoms with Crippen molar-refractivity contribution >= 4 is 11.9 Å². The van der Waals surface area contributed by atoms with Crippen LogP contribution in [-0.2, 0) is 11.2 Å². The number of aryl methyl sites for hydroxylation is 1.